The summed E-state index contributed by atoms with van der Waals surface area (Å²) in [6, 6.07) is 8.93. The Morgan fingerprint density at radius 3 is 2.52 bits per heavy atom. The van der Waals surface area contributed by atoms with E-state index in [0.29, 0.717) is 22.2 Å². The summed E-state index contributed by atoms with van der Waals surface area (Å²) in [4.78, 5) is 24.1. The second kappa shape index (κ2) is 10.8. The molecule has 2 rings (SSSR count). The molecule has 2 amide bonds. The van der Waals surface area contributed by atoms with Crippen molar-refractivity contribution < 1.29 is 14.3 Å². The van der Waals surface area contributed by atoms with Crippen LogP contribution in [-0.2, 0) is 9.59 Å². The molecule has 154 valence electrons. The van der Waals surface area contributed by atoms with E-state index in [2.05, 4.69) is 47.7 Å². The van der Waals surface area contributed by atoms with E-state index in [1.807, 2.05) is 32.0 Å². The van der Waals surface area contributed by atoms with Crippen LogP contribution in [0.1, 0.15) is 24.5 Å². The zero-order valence-electron chi connectivity index (χ0n) is 16.1. The maximum atomic E-state index is 12.2. The summed E-state index contributed by atoms with van der Waals surface area (Å²) in [5.41, 5.74) is 5.37. The molecule has 2 aromatic rings. The van der Waals surface area contributed by atoms with Crippen molar-refractivity contribution >= 4 is 66.7 Å². The summed E-state index contributed by atoms with van der Waals surface area (Å²) in [5.74, 6) is -0.128. The van der Waals surface area contributed by atoms with Gasteiger partial charge in [-0.1, -0.05) is 33.6 Å². The number of hydrogen-bond acceptors (Lipinski definition) is 4. The van der Waals surface area contributed by atoms with E-state index in [4.69, 9.17) is 16.3 Å². The zero-order chi connectivity index (χ0) is 21.6. The van der Waals surface area contributed by atoms with Gasteiger partial charge in [0.1, 0.15) is 5.75 Å². The van der Waals surface area contributed by atoms with Crippen molar-refractivity contribution in [2.24, 2.45) is 5.10 Å². The first-order valence-electron chi connectivity index (χ1n) is 8.62. The van der Waals surface area contributed by atoms with Crippen LogP contribution in [0.15, 0.2) is 44.4 Å². The number of carbonyl (C=O) groups excluding carboxylic acids is 2. The van der Waals surface area contributed by atoms with Crippen LogP contribution in [0.4, 0.5) is 5.69 Å². The molecule has 0 fully saturated rings. The molecule has 0 heterocycles. The molecule has 2 aromatic carbocycles. The number of benzene rings is 2. The number of ether oxygens (including phenoxy) is 1. The second-order valence-electron chi connectivity index (χ2n) is 6.39. The summed E-state index contributed by atoms with van der Waals surface area (Å²) >= 11 is 12.8. The number of nitrogens with zero attached hydrogens (tertiary/aromatic N) is 1. The molecule has 29 heavy (non-hydrogen) atoms. The highest BCUT2D eigenvalue weighted by Crippen LogP contribution is 2.31. The highest BCUT2D eigenvalue weighted by molar-refractivity contribution is 9.11. The number of halogens is 3. The number of carbonyl (C=O) groups is 2. The van der Waals surface area contributed by atoms with Gasteiger partial charge in [0, 0.05) is 20.9 Å². The van der Waals surface area contributed by atoms with Crippen molar-refractivity contribution in [3.63, 3.8) is 0 Å². The van der Waals surface area contributed by atoms with Crippen molar-refractivity contribution in [3.05, 3.63) is 55.4 Å². The van der Waals surface area contributed by atoms with Crippen LogP contribution in [0.5, 0.6) is 5.75 Å². The second-order valence-corrected chi connectivity index (χ2v) is 8.53. The predicted molar refractivity (Wildman–Crippen MR) is 123 cm³/mol. The van der Waals surface area contributed by atoms with E-state index < -0.39 is 5.91 Å². The molecule has 9 heteroatoms. The lowest BCUT2D eigenvalue weighted by Crippen LogP contribution is -2.26. The minimum absolute atomic E-state index is 0.0323. The molecule has 0 radical (unpaired) electrons. The zero-order valence-corrected chi connectivity index (χ0v) is 20.0. The Kier molecular flexibility index (Phi) is 8.67. The Balaban J connectivity index is 1.84. The number of hydrogen-bond donors (Lipinski definition) is 2. The third-order valence-electron chi connectivity index (χ3n) is 3.83. The first-order chi connectivity index (χ1) is 13.7. The minimum atomic E-state index is -0.428. The molecule has 0 saturated heterocycles. The van der Waals surface area contributed by atoms with E-state index >= 15 is 0 Å². The number of anilines is 1. The van der Waals surface area contributed by atoms with Gasteiger partial charge in [-0.15, -0.1) is 0 Å². The summed E-state index contributed by atoms with van der Waals surface area (Å²) < 4.78 is 7.18. The molecular weight excluding hydrogens is 525 g/mol. The molecule has 0 bridgehead atoms. The van der Waals surface area contributed by atoms with E-state index in [0.717, 1.165) is 20.1 Å². The van der Waals surface area contributed by atoms with Crippen LogP contribution >= 0.6 is 43.5 Å². The van der Waals surface area contributed by atoms with E-state index in [9.17, 15) is 9.59 Å². The van der Waals surface area contributed by atoms with Crippen LogP contribution < -0.4 is 15.5 Å². The van der Waals surface area contributed by atoms with Gasteiger partial charge in [-0.05, 0) is 72.1 Å². The maximum absolute atomic E-state index is 12.2. The molecule has 2 N–H and O–H groups in total. The SMILES string of the molecule is C/C(CC(=O)Nc1cc(Cl)ccc1C)=N\NC(=O)COc1cc(C)c(Br)cc1Br. The highest BCUT2D eigenvalue weighted by atomic mass is 79.9. The lowest BCUT2D eigenvalue weighted by molar-refractivity contribution is -0.123. The van der Waals surface area contributed by atoms with E-state index in [1.54, 1.807) is 19.1 Å². The fraction of sp³-hybridized carbons (Fsp3) is 0.250. The van der Waals surface area contributed by atoms with Crippen molar-refractivity contribution in [2.45, 2.75) is 27.2 Å². The average Bonchev–Trinajstić information content (AvgIpc) is 2.64. The quantitative estimate of drug-likeness (QED) is 0.362. The molecule has 0 unspecified atom stereocenters. The van der Waals surface area contributed by atoms with Crippen molar-refractivity contribution in [1.82, 2.24) is 5.43 Å². The van der Waals surface area contributed by atoms with Gasteiger partial charge in [0.05, 0.1) is 10.9 Å². The molecular formula is C20H20Br2ClN3O3. The molecule has 0 aromatic heterocycles. The Hall–Kier alpha value is -1.90. The number of aryl methyl sites for hydroxylation is 2. The van der Waals surface area contributed by atoms with Gasteiger partial charge in [0.15, 0.2) is 6.61 Å². The van der Waals surface area contributed by atoms with Gasteiger partial charge in [0.2, 0.25) is 5.91 Å². The fourth-order valence-corrected chi connectivity index (χ4v) is 3.55. The van der Waals surface area contributed by atoms with Gasteiger partial charge in [-0.25, -0.2) is 5.43 Å². The minimum Gasteiger partial charge on any atom is -0.483 e. The van der Waals surface area contributed by atoms with Crippen LogP contribution in [0.3, 0.4) is 0 Å². The Bertz CT molecular complexity index is 964. The predicted octanol–water partition coefficient (Wildman–Crippen LogP) is 5.38. The van der Waals surface area contributed by atoms with Crippen LogP contribution in [0.25, 0.3) is 0 Å². The average molecular weight is 546 g/mol. The molecule has 0 atom stereocenters. The largest absolute Gasteiger partial charge is 0.483 e. The molecule has 0 aliphatic heterocycles. The molecule has 0 spiro atoms. The molecule has 6 nitrogen and oxygen atoms in total. The van der Waals surface area contributed by atoms with Crippen molar-refractivity contribution in [3.8, 4) is 5.75 Å². The first kappa shape index (κ1) is 23.4. The first-order valence-corrected chi connectivity index (χ1v) is 10.6. The van der Waals surface area contributed by atoms with E-state index in [1.165, 1.54) is 0 Å². The van der Waals surface area contributed by atoms with Crippen LogP contribution in [-0.4, -0.2) is 24.1 Å². The molecule has 0 saturated carbocycles. The van der Waals surface area contributed by atoms with Crippen LogP contribution in [0.2, 0.25) is 5.02 Å². The Morgan fingerprint density at radius 1 is 1.07 bits per heavy atom. The van der Waals surface area contributed by atoms with E-state index in [-0.39, 0.29) is 18.9 Å². The third kappa shape index (κ3) is 7.45. The monoisotopic (exact) mass is 543 g/mol. The highest BCUT2D eigenvalue weighted by Gasteiger charge is 2.10. The Labute approximate surface area is 191 Å². The summed E-state index contributed by atoms with van der Waals surface area (Å²) in [6.07, 6.45) is 0.0323. The van der Waals surface area contributed by atoms with Crippen molar-refractivity contribution in [2.75, 3.05) is 11.9 Å². The number of nitrogens with one attached hydrogen (secondary N) is 2. The lowest BCUT2D eigenvalue weighted by Gasteiger charge is -2.10. The third-order valence-corrected chi connectivity index (χ3v) is 5.54. The van der Waals surface area contributed by atoms with Crippen molar-refractivity contribution in [1.29, 1.82) is 0 Å². The fourth-order valence-electron chi connectivity index (χ4n) is 2.27. The number of amides is 2. The van der Waals surface area contributed by atoms with Crippen LogP contribution in [0, 0.1) is 13.8 Å². The number of hydrazone groups is 1. The smallest absolute Gasteiger partial charge is 0.277 e. The summed E-state index contributed by atoms with van der Waals surface area (Å²) in [7, 11) is 0. The summed E-state index contributed by atoms with van der Waals surface area (Å²) in [6.45, 7) is 5.25. The normalized spacial score (nSPS) is 11.2. The maximum Gasteiger partial charge on any atom is 0.277 e. The molecule has 0 aliphatic carbocycles. The molecule has 0 aliphatic rings. The van der Waals surface area contributed by atoms with Gasteiger partial charge in [-0.2, -0.15) is 5.10 Å². The standard InChI is InChI=1S/C20H20Br2ClN3O3/c1-11-4-5-14(23)8-17(11)24-19(27)7-13(3)25-26-20(28)10-29-18-6-12(2)15(21)9-16(18)22/h4-6,8-9H,7,10H2,1-3H3,(H,24,27)(H,26,28)/b25-13+. The Morgan fingerprint density at radius 2 is 1.79 bits per heavy atom. The number of rotatable bonds is 7. The summed E-state index contributed by atoms with van der Waals surface area (Å²) in [5, 5.41) is 7.26. The van der Waals surface area contributed by atoms with Gasteiger partial charge in [-0.3, -0.25) is 9.59 Å². The van der Waals surface area contributed by atoms with Gasteiger partial charge >= 0.3 is 0 Å². The van der Waals surface area contributed by atoms with Gasteiger partial charge in [0.25, 0.3) is 5.91 Å². The van der Waals surface area contributed by atoms with Gasteiger partial charge < -0.3 is 10.1 Å². The lowest BCUT2D eigenvalue weighted by atomic mass is 10.2. The topological polar surface area (TPSA) is 79.8 Å².